The summed E-state index contributed by atoms with van der Waals surface area (Å²) >= 11 is 0. The highest BCUT2D eigenvalue weighted by atomic mass is 19.1. The van der Waals surface area contributed by atoms with Crippen LogP contribution >= 0.6 is 0 Å². The number of halogens is 1. The van der Waals surface area contributed by atoms with Crippen LogP contribution in [0.3, 0.4) is 0 Å². The monoisotopic (exact) mass is 537 g/mol. The molecule has 1 aliphatic heterocycles. The molecule has 2 aromatic rings. The van der Waals surface area contributed by atoms with E-state index in [-0.39, 0.29) is 23.0 Å². The number of carbonyl (C=O) groups is 2. The first-order valence-electron chi connectivity index (χ1n) is 13.9. The number of carbonyl (C=O) groups excluding carboxylic acids is 2. The van der Waals surface area contributed by atoms with Crippen LogP contribution in [0, 0.1) is 17.2 Å². The zero-order chi connectivity index (χ0) is 28.4. The standard InChI is InChI=1S/C32H44FN3O3/c1-25(24-32(2,3)4)23-30(37)35-20-17-34(18-21-35)19-22-36(31(38)27-12-14-28(33)15-13-27)16-8-10-26-9-6-7-11-29(26)39-5/h6-15,25H,16-24H2,1-5H3. The Morgan fingerprint density at radius 2 is 1.72 bits per heavy atom. The van der Waals surface area contributed by atoms with Crippen LogP contribution in [-0.4, -0.2) is 79.4 Å². The molecule has 0 spiro atoms. The summed E-state index contributed by atoms with van der Waals surface area (Å²) in [5.41, 5.74) is 1.62. The minimum Gasteiger partial charge on any atom is -0.496 e. The third kappa shape index (κ3) is 9.81. The highest BCUT2D eigenvalue weighted by molar-refractivity contribution is 5.94. The average Bonchev–Trinajstić information content (AvgIpc) is 2.90. The van der Waals surface area contributed by atoms with E-state index in [1.807, 2.05) is 41.3 Å². The maximum atomic E-state index is 13.5. The molecule has 6 nitrogen and oxygen atoms in total. The van der Waals surface area contributed by atoms with E-state index in [9.17, 15) is 14.0 Å². The predicted octanol–water partition coefficient (Wildman–Crippen LogP) is 5.60. The molecule has 0 bridgehead atoms. The van der Waals surface area contributed by atoms with Crippen molar-refractivity contribution in [1.29, 1.82) is 0 Å². The number of benzene rings is 2. The smallest absolute Gasteiger partial charge is 0.254 e. The molecule has 1 fully saturated rings. The average molecular weight is 538 g/mol. The Kier molecular flexibility index (Phi) is 11.1. The Balaban J connectivity index is 1.57. The highest BCUT2D eigenvalue weighted by Gasteiger charge is 2.25. The van der Waals surface area contributed by atoms with Gasteiger partial charge < -0.3 is 14.5 Å². The Morgan fingerprint density at radius 3 is 2.36 bits per heavy atom. The van der Waals surface area contributed by atoms with E-state index in [0.717, 1.165) is 30.8 Å². The van der Waals surface area contributed by atoms with Gasteiger partial charge in [0, 0.05) is 63.4 Å². The molecule has 1 aliphatic rings. The number of rotatable bonds is 11. The quantitative estimate of drug-likeness (QED) is 0.375. The minimum absolute atomic E-state index is 0.138. The van der Waals surface area contributed by atoms with Gasteiger partial charge in [-0.25, -0.2) is 4.39 Å². The third-order valence-corrected chi connectivity index (χ3v) is 7.04. The van der Waals surface area contributed by atoms with E-state index in [0.29, 0.717) is 50.6 Å². The molecule has 212 valence electrons. The number of hydrogen-bond acceptors (Lipinski definition) is 4. The predicted molar refractivity (Wildman–Crippen MR) is 155 cm³/mol. The molecular formula is C32H44FN3O3. The van der Waals surface area contributed by atoms with Crippen LogP contribution in [0.2, 0.25) is 0 Å². The first-order chi connectivity index (χ1) is 18.6. The lowest BCUT2D eigenvalue weighted by atomic mass is 9.84. The van der Waals surface area contributed by atoms with Crippen molar-refractivity contribution in [2.75, 3.05) is 52.9 Å². The van der Waals surface area contributed by atoms with Crippen LogP contribution < -0.4 is 4.74 Å². The molecule has 1 heterocycles. The van der Waals surface area contributed by atoms with Crippen LogP contribution in [0.4, 0.5) is 4.39 Å². The van der Waals surface area contributed by atoms with E-state index in [1.54, 1.807) is 12.0 Å². The topological polar surface area (TPSA) is 53.1 Å². The molecule has 2 amide bonds. The first-order valence-corrected chi connectivity index (χ1v) is 13.9. The van der Waals surface area contributed by atoms with Gasteiger partial charge in [-0.2, -0.15) is 0 Å². The van der Waals surface area contributed by atoms with Gasteiger partial charge >= 0.3 is 0 Å². The van der Waals surface area contributed by atoms with Crippen LogP contribution in [0.25, 0.3) is 6.08 Å². The van der Waals surface area contributed by atoms with E-state index in [2.05, 4.69) is 32.6 Å². The van der Waals surface area contributed by atoms with Gasteiger partial charge in [0.1, 0.15) is 11.6 Å². The Bertz CT molecular complexity index is 1100. The van der Waals surface area contributed by atoms with Crippen LogP contribution in [0.5, 0.6) is 5.75 Å². The van der Waals surface area contributed by atoms with Crippen molar-refractivity contribution in [3.63, 3.8) is 0 Å². The fourth-order valence-corrected chi connectivity index (χ4v) is 5.19. The maximum Gasteiger partial charge on any atom is 0.254 e. The Morgan fingerprint density at radius 1 is 1.05 bits per heavy atom. The maximum absolute atomic E-state index is 13.5. The number of para-hydroxylation sites is 1. The summed E-state index contributed by atoms with van der Waals surface area (Å²) in [5.74, 6) is 0.868. The molecule has 39 heavy (non-hydrogen) atoms. The highest BCUT2D eigenvalue weighted by Crippen LogP contribution is 2.26. The van der Waals surface area contributed by atoms with E-state index in [4.69, 9.17) is 4.74 Å². The lowest BCUT2D eigenvalue weighted by Gasteiger charge is -2.36. The van der Waals surface area contributed by atoms with Gasteiger partial charge in [-0.3, -0.25) is 14.5 Å². The molecule has 1 saturated heterocycles. The fraction of sp³-hybridized carbons (Fsp3) is 0.500. The van der Waals surface area contributed by atoms with Crippen molar-refractivity contribution in [2.45, 2.75) is 40.5 Å². The number of nitrogens with zero attached hydrogens (tertiary/aromatic N) is 3. The normalized spacial score (nSPS) is 15.4. The second kappa shape index (κ2) is 14.3. The van der Waals surface area contributed by atoms with Gasteiger partial charge in [0.25, 0.3) is 5.91 Å². The van der Waals surface area contributed by atoms with E-state index in [1.165, 1.54) is 24.3 Å². The van der Waals surface area contributed by atoms with Crippen molar-refractivity contribution in [3.05, 3.63) is 71.6 Å². The number of methoxy groups -OCH3 is 1. The zero-order valence-electron chi connectivity index (χ0n) is 24.2. The summed E-state index contributed by atoms with van der Waals surface area (Å²) in [6, 6.07) is 13.4. The SMILES string of the molecule is COc1ccccc1C=CCN(CCN1CCN(C(=O)CC(C)CC(C)(C)C)CC1)C(=O)c1ccc(F)cc1. The molecule has 0 saturated carbocycles. The van der Waals surface area contributed by atoms with Gasteiger partial charge in [0.15, 0.2) is 0 Å². The second-order valence-corrected chi connectivity index (χ2v) is 11.7. The van der Waals surface area contributed by atoms with Crippen molar-refractivity contribution in [1.82, 2.24) is 14.7 Å². The van der Waals surface area contributed by atoms with Crippen molar-refractivity contribution < 1.29 is 18.7 Å². The van der Waals surface area contributed by atoms with Gasteiger partial charge in [0.05, 0.1) is 7.11 Å². The fourth-order valence-electron chi connectivity index (χ4n) is 5.19. The van der Waals surface area contributed by atoms with Gasteiger partial charge in [-0.15, -0.1) is 0 Å². The summed E-state index contributed by atoms with van der Waals surface area (Å²) in [6.07, 6.45) is 5.53. The molecule has 2 aromatic carbocycles. The van der Waals surface area contributed by atoms with Crippen LogP contribution in [0.15, 0.2) is 54.6 Å². The zero-order valence-corrected chi connectivity index (χ0v) is 24.2. The molecule has 0 aliphatic carbocycles. The first kappa shape index (κ1) is 30.4. The number of ether oxygens (including phenoxy) is 1. The molecule has 0 aromatic heterocycles. The summed E-state index contributed by atoms with van der Waals surface area (Å²) in [5, 5.41) is 0. The summed E-state index contributed by atoms with van der Waals surface area (Å²) in [6.45, 7) is 13.4. The number of amides is 2. The van der Waals surface area contributed by atoms with E-state index >= 15 is 0 Å². The molecule has 0 radical (unpaired) electrons. The van der Waals surface area contributed by atoms with Crippen molar-refractivity contribution in [3.8, 4) is 5.75 Å². The molecule has 7 heteroatoms. The van der Waals surface area contributed by atoms with Gasteiger partial charge in [-0.05, 0) is 48.1 Å². The Labute approximate surface area is 233 Å². The summed E-state index contributed by atoms with van der Waals surface area (Å²) in [4.78, 5) is 32.2. The summed E-state index contributed by atoms with van der Waals surface area (Å²) in [7, 11) is 1.64. The molecular weight excluding hydrogens is 493 g/mol. The molecule has 0 N–H and O–H groups in total. The van der Waals surface area contributed by atoms with E-state index < -0.39 is 0 Å². The van der Waals surface area contributed by atoms with Crippen molar-refractivity contribution in [2.24, 2.45) is 11.3 Å². The lowest BCUT2D eigenvalue weighted by molar-refractivity contribution is -0.134. The summed E-state index contributed by atoms with van der Waals surface area (Å²) < 4.78 is 18.9. The van der Waals surface area contributed by atoms with Gasteiger partial charge in [-0.1, -0.05) is 58.0 Å². The number of hydrogen-bond donors (Lipinski definition) is 0. The van der Waals surface area contributed by atoms with Crippen LogP contribution in [-0.2, 0) is 4.79 Å². The molecule has 1 atom stereocenters. The minimum atomic E-state index is -0.366. The Hall–Kier alpha value is -3.19. The largest absolute Gasteiger partial charge is 0.496 e. The molecule has 1 unspecified atom stereocenters. The van der Waals surface area contributed by atoms with Crippen LogP contribution in [0.1, 0.15) is 56.5 Å². The number of piperazine rings is 1. The molecule has 3 rings (SSSR count). The lowest BCUT2D eigenvalue weighted by Crippen LogP contribution is -2.50. The second-order valence-electron chi connectivity index (χ2n) is 11.7. The third-order valence-electron chi connectivity index (χ3n) is 7.04. The van der Waals surface area contributed by atoms with Crippen molar-refractivity contribution >= 4 is 17.9 Å². The van der Waals surface area contributed by atoms with Gasteiger partial charge in [0.2, 0.25) is 5.91 Å².